The Kier molecular flexibility index (Phi) is 5.19. The zero-order chi connectivity index (χ0) is 17.0. The van der Waals surface area contributed by atoms with E-state index < -0.39 is 29.7 Å². The first-order valence-electron chi connectivity index (χ1n) is 6.99. The van der Waals surface area contributed by atoms with E-state index in [1.165, 1.54) is 29.2 Å². The number of nitro benzene ring substituents is 1. The summed E-state index contributed by atoms with van der Waals surface area (Å²) in [5, 5.41) is 10.5. The number of hydrogen-bond acceptors (Lipinski definition) is 5. The number of esters is 1. The summed E-state index contributed by atoms with van der Waals surface area (Å²) in [6.45, 7) is -0.550. The van der Waals surface area contributed by atoms with Gasteiger partial charge >= 0.3 is 12.1 Å². The molecule has 0 saturated carbocycles. The summed E-state index contributed by atoms with van der Waals surface area (Å²) in [5.74, 6) is -0.630. The lowest BCUT2D eigenvalue weighted by atomic mass is 10.1. The number of nitrogens with zero attached hydrogens (tertiary/aromatic N) is 2. The number of benzene rings is 1. The molecule has 2 rings (SSSR count). The lowest BCUT2D eigenvalue weighted by Crippen LogP contribution is -2.42. The fourth-order valence-electron chi connectivity index (χ4n) is 2.38. The van der Waals surface area contributed by atoms with E-state index in [9.17, 15) is 28.1 Å². The first-order valence-corrected chi connectivity index (χ1v) is 6.99. The molecule has 1 aromatic carbocycles. The van der Waals surface area contributed by atoms with Crippen LogP contribution in [0.4, 0.5) is 18.9 Å². The Morgan fingerprint density at radius 1 is 1.26 bits per heavy atom. The van der Waals surface area contributed by atoms with Crippen molar-refractivity contribution in [3.8, 4) is 0 Å². The van der Waals surface area contributed by atoms with Crippen molar-refractivity contribution >= 4 is 11.7 Å². The lowest BCUT2D eigenvalue weighted by molar-refractivity contribution is -0.384. The van der Waals surface area contributed by atoms with Crippen molar-refractivity contribution in [2.45, 2.75) is 25.1 Å². The van der Waals surface area contributed by atoms with Crippen LogP contribution in [-0.4, -0.2) is 47.7 Å². The number of alkyl halides is 3. The van der Waals surface area contributed by atoms with Crippen LogP contribution in [-0.2, 0) is 4.74 Å². The molecule has 23 heavy (non-hydrogen) atoms. The number of ether oxygens (including phenoxy) is 1. The second-order valence-electron chi connectivity index (χ2n) is 5.30. The molecule has 9 heteroatoms. The van der Waals surface area contributed by atoms with E-state index >= 15 is 0 Å². The molecule has 1 fully saturated rings. The maximum absolute atomic E-state index is 12.3. The molecule has 0 radical (unpaired) electrons. The van der Waals surface area contributed by atoms with Gasteiger partial charge in [0.2, 0.25) is 0 Å². The fraction of sp³-hybridized carbons (Fsp3) is 0.500. The van der Waals surface area contributed by atoms with E-state index in [-0.39, 0.29) is 24.3 Å². The molecule has 0 bridgehead atoms. The summed E-state index contributed by atoms with van der Waals surface area (Å²) in [6, 6.07) is 4.98. The first kappa shape index (κ1) is 17.2. The number of carbonyl (C=O) groups is 1. The monoisotopic (exact) mass is 332 g/mol. The quantitative estimate of drug-likeness (QED) is 0.482. The Morgan fingerprint density at radius 2 is 1.83 bits per heavy atom. The van der Waals surface area contributed by atoms with Gasteiger partial charge in [0.1, 0.15) is 6.10 Å². The Bertz CT molecular complexity index is 566. The molecule has 0 spiro atoms. The average molecular weight is 332 g/mol. The Morgan fingerprint density at radius 3 is 2.30 bits per heavy atom. The molecule has 1 saturated heterocycles. The van der Waals surface area contributed by atoms with Gasteiger partial charge in [0.05, 0.1) is 17.0 Å². The van der Waals surface area contributed by atoms with E-state index in [0.717, 1.165) is 0 Å². The molecule has 0 unspecified atom stereocenters. The lowest BCUT2D eigenvalue weighted by Gasteiger charge is -2.31. The summed E-state index contributed by atoms with van der Waals surface area (Å²) in [7, 11) is 0. The van der Waals surface area contributed by atoms with Gasteiger partial charge in [0, 0.05) is 25.2 Å². The molecular formula is C14H15F3N2O4. The van der Waals surface area contributed by atoms with Crippen molar-refractivity contribution in [2.75, 3.05) is 19.6 Å². The normalized spacial score (nSPS) is 17.0. The fourth-order valence-corrected chi connectivity index (χ4v) is 2.38. The van der Waals surface area contributed by atoms with Crippen LogP contribution in [0, 0.1) is 10.1 Å². The van der Waals surface area contributed by atoms with Crippen LogP contribution in [0.3, 0.4) is 0 Å². The van der Waals surface area contributed by atoms with Gasteiger partial charge in [-0.05, 0) is 25.0 Å². The molecular weight excluding hydrogens is 317 g/mol. The maximum Gasteiger partial charge on any atom is 0.401 e. The van der Waals surface area contributed by atoms with Crippen molar-refractivity contribution in [2.24, 2.45) is 0 Å². The van der Waals surface area contributed by atoms with Gasteiger partial charge in [0.25, 0.3) is 5.69 Å². The highest BCUT2D eigenvalue weighted by Gasteiger charge is 2.33. The van der Waals surface area contributed by atoms with E-state index in [1.54, 1.807) is 0 Å². The van der Waals surface area contributed by atoms with Crippen LogP contribution in [0.15, 0.2) is 24.3 Å². The second kappa shape index (κ2) is 6.95. The van der Waals surface area contributed by atoms with Crippen LogP contribution >= 0.6 is 0 Å². The Balaban J connectivity index is 1.84. The molecule has 6 nitrogen and oxygen atoms in total. The van der Waals surface area contributed by atoms with Crippen LogP contribution in [0.25, 0.3) is 0 Å². The number of rotatable bonds is 4. The zero-order valence-electron chi connectivity index (χ0n) is 12.1. The molecule has 0 N–H and O–H groups in total. The third-order valence-electron chi connectivity index (χ3n) is 3.53. The smallest absolute Gasteiger partial charge is 0.401 e. The van der Waals surface area contributed by atoms with Gasteiger partial charge in [-0.15, -0.1) is 0 Å². The average Bonchev–Trinajstić information content (AvgIpc) is 2.48. The molecule has 1 heterocycles. The maximum atomic E-state index is 12.3. The summed E-state index contributed by atoms with van der Waals surface area (Å²) in [6.07, 6.45) is -4.02. The predicted octanol–water partition coefficient (Wildman–Crippen LogP) is 2.78. The Labute approximate surface area is 130 Å². The van der Waals surface area contributed by atoms with Gasteiger partial charge in [-0.3, -0.25) is 15.0 Å². The number of nitro groups is 1. The van der Waals surface area contributed by atoms with E-state index in [4.69, 9.17) is 4.74 Å². The zero-order valence-corrected chi connectivity index (χ0v) is 12.1. The van der Waals surface area contributed by atoms with Crippen molar-refractivity contribution in [1.29, 1.82) is 0 Å². The number of piperidine rings is 1. The third kappa shape index (κ3) is 5.20. The predicted molar refractivity (Wildman–Crippen MR) is 74.0 cm³/mol. The van der Waals surface area contributed by atoms with Crippen molar-refractivity contribution < 1.29 is 27.6 Å². The number of non-ortho nitro benzene ring substituents is 1. The van der Waals surface area contributed by atoms with Gasteiger partial charge in [-0.2, -0.15) is 13.2 Å². The van der Waals surface area contributed by atoms with Gasteiger partial charge in [0.15, 0.2) is 0 Å². The highest BCUT2D eigenvalue weighted by molar-refractivity contribution is 5.89. The van der Waals surface area contributed by atoms with Crippen LogP contribution in [0.2, 0.25) is 0 Å². The molecule has 1 aliphatic heterocycles. The second-order valence-corrected chi connectivity index (χ2v) is 5.30. The number of hydrogen-bond donors (Lipinski definition) is 0. The molecule has 1 aromatic rings. The minimum Gasteiger partial charge on any atom is -0.459 e. The standard InChI is InChI=1S/C14H15F3N2O4/c15-14(16,17)9-18-7-5-12(6-8-18)23-13(20)10-1-3-11(4-2-10)19(21)22/h1-4,12H,5-9H2. The number of carbonyl (C=O) groups excluding carboxylic acids is 1. The molecule has 126 valence electrons. The van der Waals surface area contributed by atoms with Crippen molar-refractivity contribution in [3.63, 3.8) is 0 Å². The summed E-state index contributed by atoms with van der Waals surface area (Å²) in [5.41, 5.74) is 0.0373. The minimum atomic E-state index is -4.23. The number of likely N-dealkylation sites (tertiary alicyclic amines) is 1. The molecule has 0 amide bonds. The molecule has 0 aromatic heterocycles. The highest BCUT2D eigenvalue weighted by Crippen LogP contribution is 2.22. The largest absolute Gasteiger partial charge is 0.459 e. The van der Waals surface area contributed by atoms with Crippen molar-refractivity contribution in [3.05, 3.63) is 39.9 Å². The minimum absolute atomic E-state index is 0.137. The molecule has 0 atom stereocenters. The highest BCUT2D eigenvalue weighted by atomic mass is 19.4. The van der Waals surface area contributed by atoms with Gasteiger partial charge < -0.3 is 4.74 Å². The van der Waals surface area contributed by atoms with Crippen LogP contribution in [0.5, 0.6) is 0 Å². The van der Waals surface area contributed by atoms with Gasteiger partial charge in [-0.25, -0.2) is 4.79 Å². The van der Waals surface area contributed by atoms with E-state index in [2.05, 4.69) is 0 Å². The van der Waals surface area contributed by atoms with E-state index in [0.29, 0.717) is 12.8 Å². The van der Waals surface area contributed by atoms with Crippen LogP contribution in [0.1, 0.15) is 23.2 Å². The first-order chi connectivity index (χ1) is 10.7. The summed E-state index contributed by atoms with van der Waals surface area (Å²) < 4.78 is 42.1. The summed E-state index contributed by atoms with van der Waals surface area (Å²) in [4.78, 5) is 23.1. The Hall–Kier alpha value is -2.16. The number of halogens is 3. The van der Waals surface area contributed by atoms with E-state index in [1.807, 2.05) is 0 Å². The third-order valence-corrected chi connectivity index (χ3v) is 3.53. The molecule has 1 aliphatic rings. The van der Waals surface area contributed by atoms with Gasteiger partial charge in [-0.1, -0.05) is 0 Å². The van der Waals surface area contributed by atoms with Crippen molar-refractivity contribution in [1.82, 2.24) is 4.90 Å². The summed E-state index contributed by atoms with van der Waals surface area (Å²) >= 11 is 0. The van der Waals surface area contributed by atoms with Crippen LogP contribution < -0.4 is 0 Å². The SMILES string of the molecule is O=C(OC1CCN(CC(F)(F)F)CC1)c1ccc([N+](=O)[O-])cc1. The topological polar surface area (TPSA) is 72.7 Å². The molecule has 0 aliphatic carbocycles.